The Morgan fingerprint density at radius 1 is 1.44 bits per heavy atom. The lowest BCUT2D eigenvalue weighted by molar-refractivity contribution is 0.453. The molecule has 0 aromatic heterocycles. The summed E-state index contributed by atoms with van der Waals surface area (Å²) >= 11 is 9.11. The summed E-state index contributed by atoms with van der Waals surface area (Å²) in [5, 5.41) is -0.0121. The average Bonchev–Trinajstić information content (AvgIpc) is 2.19. The zero-order chi connectivity index (χ0) is 14.1. The molecule has 0 aliphatic carbocycles. The smallest absolute Gasteiger partial charge is 0.207 e. The molecule has 1 atom stereocenters. The van der Waals surface area contributed by atoms with Gasteiger partial charge in [0.25, 0.3) is 0 Å². The predicted octanol–water partition coefficient (Wildman–Crippen LogP) is 3.32. The molecule has 0 saturated carbocycles. The normalized spacial score (nSPS) is 14.6. The highest BCUT2D eigenvalue weighted by atomic mass is 79.9. The first-order valence-corrected chi connectivity index (χ1v) is 7.97. The Labute approximate surface area is 120 Å². The van der Waals surface area contributed by atoms with Crippen LogP contribution in [0.4, 0.5) is 4.39 Å². The second kappa shape index (κ2) is 5.45. The van der Waals surface area contributed by atoms with E-state index in [1.54, 1.807) is 13.8 Å². The molecule has 1 aromatic carbocycles. The Balaban J connectivity index is 3.19. The Kier molecular flexibility index (Phi) is 4.81. The molecule has 102 valence electrons. The van der Waals surface area contributed by atoms with Crippen LogP contribution in [0.2, 0.25) is 5.02 Å². The van der Waals surface area contributed by atoms with Crippen molar-refractivity contribution in [3.63, 3.8) is 0 Å². The topological polar surface area (TPSA) is 46.2 Å². The van der Waals surface area contributed by atoms with E-state index in [1.807, 2.05) is 6.92 Å². The van der Waals surface area contributed by atoms with Crippen molar-refractivity contribution < 1.29 is 12.8 Å². The van der Waals surface area contributed by atoms with E-state index < -0.39 is 21.4 Å². The Bertz CT molecular complexity index is 546. The third kappa shape index (κ3) is 3.66. The van der Waals surface area contributed by atoms with Crippen LogP contribution in [0.15, 0.2) is 23.1 Å². The lowest BCUT2D eigenvalue weighted by Crippen LogP contribution is -2.48. The number of alkyl halides is 1. The quantitative estimate of drug-likeness (QED) is 0.839. The van der Waals surface area contributed by atoms with Gasteiger partial charge in [0.15, 0.2) is 0 Å². The minimum absolute atomic E-state index is 0.0121. The second-order valence-electron chi connectivity index (χ2n) is 4.52. The van der Waals surface area contributed by atoms with E-state index in [2.05, 4.69) is 20.7 Å². The zero-order valence-electron chi connectivity index (χ0n) is 10.2. The maximum Gasteiger partial charge on any atom is 0.242 e. The number of halogens is 3. The Morgan fingerprint density at radius 3 is 2.50 bits per heavy atom. The molecule has 0 aliphatic rings. The van der Waals surface area contributed by atoms with Crippen LogP contribution in [0, 0.1) is 5.82 Å². The lowest BCUT2D eigenvalue weighted by Gasteiger charge is -2.29. The molecule has 1 unspecified atom stereocenters. The molecule has 0 heterocycles. The van der Waals surface area contributed by atoms with Crippen LogP contribution in [0.3, 0.4) is 0 Å². The molecule has 1 rings (SSSR count). The van der Waals surface area contributed by atoms with Gasteiger partial charge in [-0.05, 0) is 32.0 Å². The van der Waals surface area contributed by atoms with Gasteiger partial charge >= 0.3 is 0 Å². The Morgan fingerprint density at radius 2 is 2.00 bits per heavy atom. The number of sulfonamides is 1. The van der Waals surface area contributed by atoms with Crippen molar-refractivity contribution >= 4 is 37.6 Å². The highest BCUT2D eigenvalue weighted by molar-refractivity contribution is 9.09. The maximum atomic E-state index is 13.1. The van der Waals surface area contributed by atoms with Gasteiger partial charge in [-0.2, -0.15) is 0 Å². The number of hydrogen-bond acceptors (Lipinski definition) is 2. The van der Waals surface area contributed by atoms with Gasteiger partial charge in [0, 0.05) is 10.4 Å². The van der Waals surface area contributed by atoms with Crippen molar-refractivity contribution in [3.05, 3.63) is 29.0 Å². The molecule has 0 aliphatic heterocycles. The highest BCUT2D eigenvalue weighted by Crippen LogP contribution is 2.25. The number of hydrogen-bond donors (Lipinski definition) is 1. The molecule has 0 saturated heterocycles. The summed E-state index contributed by atoms with van der Waals surface area (Å²) in [6.07, 6.45) is 0. The van der Waals surface area contributed by atoms with Crippen molar-refractivity contribution in [2.75, 3.05) is 0 Å². The molecule has 0 bridgehead atoms. The first-order valence-electron chi connectivity index (χ1n) is 5.19. The lowest BCUT2D eigenvalue weighted by atomic mass is 10.0. The van der Waals surface area contributed by atoms with E-state index in [4.69, 9.17) is 11.6 Å². The molecule has 1 aromatic rings. The van der Waals surface area contributed by atoms with E-state index in [-0.39, 0.29) is 14.7 Å². The van der Waals surface area contributed by atoms with Gasteiger partial charge in [-0.25, -0.2) is 17.5 Å². The van der Waals surface area contributed by atoms with Gasteiger partial charge in [0.2, 0.25) is 10.0 Å². The van der Waals surface area contributed by atoms with Crippen LogP contribution in [-0.2, 0) is 10.0 Å². The average molecular weight is 359 g/mol. The first kappa shape index (κ1) is 15.9. The van der Waals surface area contributed by atoms with Crippen LogP contribution >= 0.6 is 27.5 Å². The molecule has 0 fully saturated rings. The fourth-order valence-electron chi connectivity index (χ4n) is 1.17. The fraction of sp³-hybridized carbons (Fsp3) is 0.455. The SMILES string of the molecule is CC(Br)C(C)(C)NS(=O)(=O)c1cc(F)ccc1Cl. The Hall–Kier alpha value is -0.170. The van der Waals surface area contributed by atoms with Crippen molar-refractivity contribution in [1.29, 1.82) is 0 Å². The summed E-state index contributed by atoms with van der Waals surface area (Å²) in [4.78, 5) is -0.363. The molecular formula is C11H14BrClFNO2S. The second-order valence-corrected chi connectivity index (χ2v) is 7.95. The number of benzene rings is 1. The molecule has 18 heavy (non-hydrogen) atoms. The van der Waals surface area contributed by atoms with Crippen LogP contribution in [0.1, 0.15) is 20.8 Å². The van der Waals surface area contributed by atoms with Crippen molar-refractivity contribution in [1.82, 2.24) is 4.72 Å². The minimum Gasteiger partial charge on any atom is -0.207 e. The summed E-state index contributed by atoms with van der Waals surface area (Å²) in [5.41, 5.74) is -0.728. The van der Waals surface area contributed by atoms with Gasteiger partial charge in [0.05, 0.1) is 5.02 Å². The third-order valence-corrected chi connectivity index (χ3v) is 5.87. The summed E-state index contributed by atoms with van der Waals surface area (Å²) < 4.78 is 39.9. The summed E-state index contributed by atoms with van der Waals surface area (Å²) in [7, 11) is -3.87. The zero-order valence-corrected chi connectivity index (χ0v) is 13.3. The van der Waals surface area contributed by atoms with E-state index in [0.29, 0.717) is 0 Å². The van der Waals surface area contributed by atoms with Crippen LogP contribution in [0.5, 0.6) is 0 Å². The maximum absolute atomic E-state index is 13.1. The van der Waals surface area contributed by atoms with Crippen LogP contribution < -0.4 is 4.72 Å². The van der Waals surface area contributed by atoms with Gasteiger partial charge in [-0.1, -0.05) is 34.5 Å². The standard InChI is InChI=1S/C11H14BrClFNO2S/c1-7(12)11(2,3)15-18(16,17)10-6-8(14)4-5-9(10)13/h4-7,15H,1-3H3. The molecule has 3 nitrogen and oxygen atoms in total. The van der Waals surface area contributed by atoms with Crippen LogP contribution in [-0.4, -0.2) is 18.8 Å². The van der Waals surface area contributed by atoms with E-state index in [1.165, 1.54) is 6.07 Å². The summed E-state index contributed by atoms with van der Waals surface area (Å²) in [6, 6.07) is 3.23. The molecular weight excluding hydrogens is 345 g/mol. The van der Waals surface area contributed by atoms with Crippen molar-refractivity contribution in [3.8, 4) is 0 Å². The van der Waals surface area contributed by atoms with Crippen molar-refractivity contribution in [2.24, 2.45) is 0 Å². The molecule has 0 spiro atoms. The van der Waals surface area contributed by atoms with Gasteiger partial charge < -0.3 is 0 Å². The molecule has 1 N–H and O–H groups in total. The van der Waals surface area contributed by atoms with Crippen molar-refractivity contribution in [2.45, 2.75) is 36.0 Å². The van der Waals surface area contributed by atoms with Gasteiger partial charge in [-0.15, -0.1) is 0 Å². The van der Waals surface area contributed by atoms with E-state index in [0.717, 1.165) is 12.1 Å². The third-order valence-electron chi connectivity index (χ3n) is 2.57. The largest absolute Gasteiger partial charge is 0.242 e. The first-order chi connectivity index (χ1) is 8.06. The fourth-order valence-corrected chi connectivity index (χ4v) is 3.43. The van der Waals surface area contributed by atoms with E-state index >= 15 is 0 Å². The number of rotatable bonds is 4. The van der Waals surface area contributed by atoms with Gasteiger partial charge in [-0.3, -0.25) is 0 Å². The predicted molar refractivity (Wildman–Crippen MR) is 74.2 cm³/mol. The van der Waals surface area contributed by atoms with Gasteiger partial charge in [0.1, 0.15) is 10.7 Å². The number of nitrogens with one attached hydrogen (secondary N) is 1. The molecule has 0 amide bonds. The minimum atomic E-state index is -3.87. The molecule has 7 heteroatoms. The summed E-state index contributed by atoms with van der Waals surface area (Å²) in [5.74, 6) is -0.649. The highest BCUT2D eigenvalue weighted by Gasteiger charge is 2.31. The molecule has 0 radical (unpaired) electrons. The monoisotopic (exact) mass is 357 g/mol. The van der Waals surface area contributed by atoms with Crippen LogP contribution in [0.25, 0.3) is 0 Å². The van der Waals surface area contributed by atoms with E-state index in [9.17, 15) is 12.8 Å². The summed E-state index contributed by atoms with van der Waals surface area (Å²) in [6.45, 7) is 5.25.